The number of carbonyl (C=O) groups is 2. The first-order valence-electron chi connectivity index (χ1n) is 5.88. The number of rotatable bonds is 4. The molecule has 0 unspecified atom stereocenters. The summed E-state index contributed by atoms with van der Waals surface area (Å²) < 4.78 is 0. The van der Waals surface area contributed by atoms with E-state index in [1.54, 1.807) is 45.0 Å². The third-order valence-corrected chi connectivity index (χ3v) is 2.65. The molecule has 0 aromatic heterocycles. The van der Waals surface area contributed by atoms with Crippen molar-refractivity contribution in [1.29, 1.82) is 0 Å². The van der Waals surface area contributed by atoms with E-state index in [1.807, 2.05) is 6.07 Å². The van der Waals surface area contributed by atoms with Crippen molar-refractivity contribution in [2.75, 3.05) is 6.54 Å². The van der Waals surface area contributed by atoms with Gasteiger partial charge in [0.15, 0.2) is 0 Å². The molecule has 0 saturated carbocycles. The van der Waals surface area contributed by atoms with Crippen molar-refractivity contribution in [3.63, 3.8) is 0 Å². The standard InChI is InChI=1S/C14H19NO3/c1-14(2,3)13(18)15-9-11(12(16)17)10-7-5-4-6-8-10/h4-8,11H,9H2,1-3H3,(H,15,18)(H,16,17)/t11-/m1/s1. The molecule has 4 nitrogen and oxygen atoms in total. The highest BCUT2D eigenvalue weighted by molar-refractivity contribution is 5.83. The van der Waals surface area contributed by atoms with E-state index in [9.17, 15) is 14.7 Å². The molecule has 1 aromatic carbocycles. The Labute approximate surface area is 107 Å². The fourth-order valence-electron chi connectivity index (χ4n) is 1.49. The van der Waals surface area contributed by atoms with E-state index in [0.29, 0.717) is 5.56 Å². The maximum absolute atomic E-state index is 11.7. The number of aliphatic carboxylic acids is 1. The van der Waals surface area contributed by atoms with Gasteiger partial charge in [0, 0.05) is 12.0 Å². The Morgan fingerprint density at radius 3 is 2.22 bits per heavy atom. The molecule has 1 rings (SSSR count). The lowest BCUT2D eigenvalue weighted by Gasteiger charge is -2.20. The van der Waals surface area contributed by atoms with E-state index in [1.165, 1.54) is 0 Å². The Hall–Kier alpha value is -1.84. The van der Waals surface area contributed by atoms with Gasteiger partial charge in [0.05, 0.1) is 5.92 Å². The van der Waals surface area contributed by atoms with Gasteiger partial charge >= 0.3 is 5.97 Å². The number of hydrogen-bond donors (Lipinski definition) is 2. The molecule has 0 heterocycles. The van der Waals surface area contributed by atoms with Crippen molar-refractivity contribution >= 4 is 11.9 Å². The van der Waals surface area contributed by atoms with Gasteiger partial charge in [-0.25, -0.2) is 0 Å². The molecule has 0 spiro atoms. The van der Waals surface area contributed by atoms with Crippen molar-refractivity contribution in [3.8, 4) is 0 Å². The molecular weight excluding hydrogens is 230 g/mol. The average molecular weight is 249 g/mol. The van der Waals surface area contributed by atoms with Crippen LogP contribution in [0.1, 0.15) is 32.3 Å². The molecule has 2 N–H and O–H groups in total. The molecule has 1 aromatic rings. The van der Waals surface area contributed by atoms with Gasteiger partial charge in [0.25, 0.3) is 0 Å². The largest absolute Gasteiger partial charge is 0.481 e. The lowest BCUT2D eigenvalue weighted by atomic mass is 9.94. The van der Waals surface area contributed by atoms with Crippen LogP contribution in [0.25, 0.3) is 0 Å². The molecule has 0 radical (unpaired) electrons. The van der Waals surface area contributed by atoms with Gasteiger partial charge in [-0.05, 0) is 5.56 Å². The maximum atomic E-state index is 11.7. The number of carboxylic acids is 1. The Bertz CT molecular complexity index is 420. The highest BCUT2D eigenvalue weighted by Crippen LogP contribution is 2.17. The maximum Gasteiger partial charge on any atom is 0.312 e. The molecule has 4 heteroatoms. The monoisotopic (exact) mass is 249 g/mol. The predicted molar refractivity (Wildman–Crippen MR) is 69.3 cm³/mol. The van der Waals surface area contributed by atoms with Gasteiger partial charge in [-0.2, -0.15) is 0 Å². The molecule has 0 aliphatic rings. The highest BCUT2D eigenvalue weighted by atomic mass is 16.4. The summed E-state index contributed by atoms with van der Waals surface area (Å²) in [7, 11) is 0. The fourth-order valence-corrected chi connectivity index (χ4v) is 1.49. The summed E-state index contributed by atoms with van der Waals surface area (Å²) in [5.74, 6) is -1.79. The Morgan fingerprint density at radius 2 is 1.78 bits per heavy atom. The summed E-state index contributed by atoms with van der Waals surface area (Å²) in [6.07, 6.45) is 0. The first kappa shape index (κ1) is 14.2. The van der Waals surface area contributed by atoms with Crippen molar-refractivity contribution in [3.05, 3.63) is 35.9 Å². The van der Waals surface area contributed by atoms with Crippen LogP contribution in [0.2, 0.25) is 0 Å². The summed E-state index contributed by atoms with van der Waals surface area (Å²) in [6, 6.07) is 8.91. The van der Waals surface area contributed by atoms with Gasteiger partial charge in [0.2, 0.25) is 5.91 Å². The Balaban J connectivity index is 2.72. The zero-order chi connectivity index (χ0) is 13.8. The van der Waals surface area contributed by atoms with Crippen LogP contribution in [0.5, 0.6) is 0 Å². The van der Waals surface area contributed by atoms with Crippen molar-refractivity contribution in [1.82, 2.24) is 5.32 Å². The number of benzene rings is 1. The quantitative estimate of drug-likeness (QED) is 0.858. The first-order valence-corrected chi connectivity index (χ1v) is 5.88. The normalized spacial score (nSPS) is 12.8. The third-order valence-electron chi connectivity index (χ3n) is 2.65. The summed E-state index contributed by atoms with van der Waals surface area (Å²) in [4.78, 5) is 22.9. The number of carboxylic acid groups (broad SMARTS) is 1. The van der Waals surface area contributed by atoms with Crippen LogP contribution in [0.4, 0.5) is 0 Å². The molecule has 1 atom stereocenters. The molecule has 1 amide bonds. The SMILES string of the molecule is CC(C)(C)C(=O)NC[C@@H](C(=O)O)c1ccccc1. The minimum atomic E-state index is -0.935. The van der Waals surface area contributed by atoms with Gasteiger partial charge in [-0.3, -0.25) is 9.59 Å². The molecule has 0 aliphatic heterocycles. The van der Waals surface area contributed by atoms with Crippen LogP contribution >= 0.6 is 0 Å². The zero-order valence-corrected chi connectivity index (χ0v) is 10.9. The molecule has 0 bridgehead atoms. The average Bonchev–Trinajstić information content (AvgIpc) is 2.28. The van der Waals surface area contributed by atoms with E-state index in [4.69, 9.17) is 0 Å². The minimum absolute atomic E-state index is 0.107. The van der Waals surface area contributed by atoms with Crippen LogP contribution in [-0.4, -0.2) is 23.5 Å². The molecule has 18 heavy (non-hydrogen) atoms. The molecule has 0 aliphatic carbocycles. The lowest BCUT2D eigenvalue weighted by Crippen LogP contribution is -2.38. The number of carbonyl (C=O) groups excluding carboxylic acids is 1. The van der Waals surface area contributed by atoms with E-state index in [-0.39, 0.29) is 12.5 Å². The van der Waals surface area contributed by atoms with Crippen molar-refractivity contribution in [2.24, 2.45) is 5.41 Å². The van der Waals surface area contributed by atoms with Gasteiger partial charge in [-0.15, -0.1) is 0 Å². The fraction of sp³-hybridized carbons (Fsp3) is 0.429. The molecular formula is C14H19NO3. The summed E-state index contributed by atoms with van der Waals surface area (Å²) in [5.41, 5.74) is 0.180. The van der Waals surface area contributed by atoms with Gasteiger partial charge in [-0.1, -0.05) is 51.1 Å². The number of amides is 1. The summed E-state index contributed by atoms with van der Waals surface area (Å²) in [6.45, 7) is 5.48. The predicted octanol–water partition coefficient (Wildman–Crippen LogP) is 2.02. The van der Waals surface area contributed by atoms with Crippen molar-refractivity contribution in [2.45, 2.75) is 26.7 Å². The van der Waals surface area contributed by atoms with Gasteiger partial charge in [0.1, 0.15) is 0 Å². The van der Waals surface area contributed by atoms with Crippen LogP contribution in [0.3, 0.4) is 0 Å². The minimum Gasteiger partial charge on any atom is -0.481 e. The summed E-state index contributed by atoms with van der Waals surface area (Å²) in [5, 5.41) is 11.9. The zero-order valence-electron chi connectivity index (χ0n) is 10.9. The number of hydrogen-bond acceptors (Lipinski definition) is 2. The smallest absolute Gasteiger partial charge is 0.312 e. The first-order chi connectivity index (χ1) is 8.32. The topological polar surface area (TPSA) is 66.4 Å². The lowest BCUT2D eigenvalue weighted by molar-refractivity contribution is -0.139. The second kappa shape index (κ2) is 5.67. The van der Waals surface area contributed by atoms with E-state index in [2.05, 4.69) is 5.32 Å². The highest BCUT2D eigenvalue weighted by Gasteiger charge is 2.25. The molecule has 98 valence electrons. The van der Waals surface area contributed by atoms with E-state index >= 15 is 0 Å². The second-order valence-corrected chi connectivity index (χ2v) is 5.26. The van der Waals surface area contributed by atoms with Crippen LogP contribution in [0, 0.1) is 5.41 Å². The van der Waals surface area contributed by atoms with E-state index < -0.39 is 17.3 Å². The number of nitrogens with one attached hydrogen (secondary N) is 1. The summed E-state index contributed by atoms with van der Waals surface area (Å²) >= 11 is 0. The van der Waals surface area contributed by atoms with E-state index in [0.717, 1.165) is 0 Å². The van der Waals surface area contributed by atoms with Crippen LogP contribution in [0.15, 0.2) is 30.3 Å². The molecule has 0 saturated heterocycles. The second-order valence-electron chi connectivity index (χ2n) is 5.26. The van der Waals surface area contributed by atoms with Crippen LogP contribution in [-0.2, 0) is 9.59 Å². The Morgan fingerprint density at radius 1 is 1.22 bits per heavy atom. The molecule has 0 fully saturated rings. The Kier molecular flexibility index (Phi) is 4.48. The van der Waals surface area contributed by atoms with Crippen LogP contribution < -0.4 is 5.32 Å². The third kappa shape index (κ3) is 3.87. The van der Waals surface area contributed by atoms with Gasteiger partial charge < -0.3 is 10.4 Å². The van der Waals surface area contributed by atoms with Crippen molar-refractivity contribution < 1.29 is 14.7 Å².